The van der Waals surface area contributed by atoms with Crippen molar-refractivity contribution < 1.29 is 28.6 Å². The number of ether oxygens (including phenoxy) is 3. The molecule has 0 aromatic rings. The van der Waals surface area contributed by atoms with Gasteiger partial charge in [-0.1, -0.05) is 298 Å². The highest BCUT2D eigenvalue weighted by Gasteiger charge is 2.19. The van der Waals surface area contributed by atoms with Crippen LogP contribution in [0, 0.1) is 0 Å². The lowest BCUT2D eigenvalue weighted by Crippen LogP contribution is -2.30. The third-order valence-corrected chi connectivity index (χ3v) is 15.1. The predicted molar refractivity (Wildman–Crippen MR) is 348 cm³/mol. The molecule has 1 atom stereocenters. The molecule has 6 heteroatoms. The summed E-state index contributed by atoms with van der Waals surface area (Å²) < 4.78 is 17.0. The summed E-state index contributed by atoms with van der Waals surface area (Å²) in [7, 11) is 0. The van der Waals surface area contributed by atoms with Gasteiger partial charge in [-0.25, -0.2) is 0 Å². The highest BCUT2D eigenvalue weighted by Crippen LogP contribution is 2.17. The van der Waals surface area contributed by atoms with Gasteiger partial charge in [-0.05, 0) is 116 Å². The van der Waals surface area contributed by atoms with E-state index in [1.807, 2.05) is 0 Å². The van der Waals surface area contributed by atoms with Crippen molar-refractivity contribution in [3.63, 3.8) is 0 Å². The summed E-state index contributed by atoms with van der Waals surface area (Å²) in [6.07, 6.45) is 90.3. The van der Waals surface area contributed by atoms with E-state index in [4.69, 9.17) is 14.2 Å². The van der Waals surface area contributed by atoms with Gasteiger partial charge < -0.3 is 14.2 Å². The molecule has 0 rings (SSSR count). The molecule has 0 aliphatic carbocycles. The molecule has 0 aromatic heterocycles. The van der Waals surface area contributed by atoms with E-state index in [1.165, 1.54) is 205 Å². The highest BCUT2D eigenvalue weighted by atomic mass is 16.6. The first-order chi connectivity index (χ1) is 39.5. The Morgan fingerprint density at radius 3 is 0.800 bits per heavy atom. The van der Waals surface area contributed by atoms with Gasteiger partial charge in [0.15, 0.2) is 6.10 Å². The van der Waals surface area contributed by atoms with Crippen molar-refractivity contribution in [2.24, 2.45) is 0 Å². The summed E-state index contributed by atoms with van der Waals surface area (Å²) in [6, 6.07) is 0. The molecule has 0 fully saturated rings. The van der Waals surface area contributed by atoms with Crippen LogP contribution in [0.1, 0.15) is 348 Å². The minimum absolute atomic E-state index is 0.0803. The van der Waals surface area contributed by atoms with Crippen LogP contribution < -0.4 is 0 Å². The van der Waals surface area contributed by atoms with Crippen LogP contribution in [0.2, 0.25) is 0 Å². The van der Waals surface area contributed by atoms with Gasteiger partial charge in [0.25, 0.3) is 0 Å². The van der Waals surface area contributed by atoms with E-state index < -0.39 is 6.10 Å². The van der Waals surface area contributed by atoms with Crippen molar-refractivity contribution in [1.29, 1.82) is 0 Å². The molecule has 0 aliphatic rings. The summed E-state index contributed by atoms with van der Waals surface area (Å²) >= 11 is 0. The molecule has 0 radical (unpaired) electrons. The Hall–Kier alpha value is -3.41. The average molecular weight is 1120 g/mol. The summed E-state index contributed by atoms with van der Waals surface area (Å²) in [6.45, 7) is 6.53. The molecule has 1 unspecified atom stereocenters. The van der Waals surface area contributed by atoms with Gasteiger partial charge in [0, 0.05) is 19.3 Å². The molecule has 0 aliphatic heterocycles. The Labute approximate surface area is 496 Å². The maximum absolute atomic E-state index is 12.9. The van der Waals surface area contributed by atoms with Crippen LogP contribution in [0.15, 0.2) is 85.1 Å². The van der Waals surface area contributed by atoms with Gasteiger partial charge in [0.2, 0.25) is 0 Å². The lowest BCUT2D eigenvalue weighted by atomic mass is 10.0. The second kappa shape index (κ2) is 68.1. The minimum atomic E-state index is -0.783. The number of carbonyl (C=O) groups excluding carboxylic acids is 3. The molecule has 462 valence electrons. The van der Waals surface area contributed by atoms with Crippen LogP contribution in [0.25, 0.3) is 0 Å². The number of unbranched alkanes of at least 4 members (excludes halogenated alkanes) is 38. The van der Waals surface area contributed by atoms with E-state index in [0.717, 1.165) is 103 Å². The first-order valence-electron chi connectivity index (χ1n) is 34.6. The summed E-state index contributed by atoms with van der Waals surface area (Å²) in [5.74, 6) is -0.879. The second-order valence-electron chi connectivity index (χ2n) is 23.1. The third kappa shape index (κ3) is 65.4. The molecule has 6 nitrogen and oxygen atoms in total. The first-order valence-corrected chi connectivity index (χ1v) is 34.6. The van der Waals surface area contributed by atoms with Crippen molar-refractivity contribution in [2.75, 3.05) is 13.2 Å². The summed E-state index contributed by atoms with van der Waals surface area (Å²) in [5.41, 5.74) is 0. The van der Waals surface area contributed by atoms with Crippen molar-refractivity contribution in [3.8, 4) is 0 Å². The van der Waals surface area contributed by atoms with Crippen LogP contribution in [0.3, 0.4) is 0 Å². The lowest BCUT2D eigenvalue weighted by molar-refractivity contribution is -0.167. The normalized spacial score (nSPS) is 12.6. The monoisotopic (exact) mass is 1110 g/mol. The van der Waals surface area contributed by atoms with Gasteiger partial charge in [-0.2, -0.15) is 0 Å². The van der Waals surface area contributed by atoms with Crippen LogP contribution in [0.5, 0.6) is 0 Å². The highest BCUT2D eigenvalue weighted by molar-refractivity contribution is 5.71. The fourth-order valence-electron chi connectivity index (χ4n) is 9.93. The predicted octanol–water partition coefficient (Wildman–Crippen LogP) is 23.8. The summed E-state index contributed by atoms with van der Waals surface area (Å²) in [5, 5.41) is 0. The lowest BCUT2D eigenvalue weighted by Gasteiger charge is -2.18. The van der Waals surface area contributed by atoms with Crippen LogP contribution >= 0.6 is 0 Å². The van der Waals surface area contributed by atoms with Crippen molar-refractivity contribution in [1.82, 2.24) is 0 Å². The molecule has 0 saturated carbocycles. The van der Waals surface area contributed by atoms with Gasteiger partial charge in [-0.3, -0.25) is 14.4 Å². The number of allylic oxidation sites excluding steroid dienone is 14. The van der Waals surface area contributed by atoms with Gasteiger partial charge in [0.1, 0.15) is 13.2 Å². The van der Waals surface area contributed by atoms with E-state index in [2.05, 4.69) is 106 Å². The van der Waals surface area contributed by atoms with Crippen LogP contribution in [-0.4, -0.2) is 37.2 Å². The van der Waals surface area contributed by atoms with Crippen LogP contribution in [0.4, 0.5) is 0 Å². The standard InChI is InChI=1S/C74H130O6/c1-4-7-10-13-16-19-22-25-27-29-31-33-35-37-39-41-43-45-47-49-52-55-58-61-64-67-73(76)79-70-71(69-78-72(75)66-63-60-57-54-51-24-21-18-15-12-9-6-3)80-74(77)68-65-62-59-56-53-50-48-46-44-42-40-38-36-34-32-30-28-26-23-20-17-14-11-8-5-2/h7,10,16,18-19,21,25,27,30-33,37,39,71H,4-6,8-9,11-15,17,20,22-24,26,28-29,34-36,38,40-70H2,1-3H3/b10-7-,19-16-,21-18-,27-25-,32-30-,33-31-,39-37-. The maximum Gasteiger partial charge on any atom is 0.306 e. The Morgan fingerprint density at radius 2 is 0.487 bits per heavy atom. The van der Waals surface area contributed by atoms with E-state index in [-0.39, 0.29) is 31.1 Å². The van der Waals surface area contributed by atoms with Gasteiger partial charge >= 0.3 is 17.9 Å². The molecule has 0 amide bonds. The van der Waals surface area contributed by atoms with E-state index in [0.29, 0.717) is 19.3 Å². The smallest absolute Gasteiger partial charge is 0.306 e. The van der Waals surface area contributed by atoms with Crippen molar-refractivity contribution in [3.05, 3.63) is 85.1 Å². The number of hydrogen-bond donors (Lipinski definition) is 0. The third-order valence-electron chi connectivity index (χ3n) is 15.1. The Bertz CT molecular complexity index is 1520. The Kier molecular flexibility index (Phi) is 65.2. The van der Waals surface area contributed by atoms with E-state index in [1.54, 1.807) is 0 Å². The fraction of sp³-hybridized carbons (Fsp3) is 0.770. The zero-order chi connectivity index (χ0) is 57.8. The molecule has 0 N–H and O–H groups in total. The fourth-order valence-corrected chi connectivity index (χ4v) is 9.93. The molecular formula is C74H130O6. The van der Waals surface area contributed by atoms with Gasteiger partial charge in [-0.15, -0.1) is 0 Å². The number of hydrogen-bond acceptors (Lipinski definition) is 6. The minimum Gasteiger partial charge on any atom is -0.462 e. The zero-order valence-corrected chi connectivity index (χ0v) is 53.1. The Morgan fingerprint density at radius 1 is 0.263 bits per heavy atom. The molecule has 0 bridgehead atoms. The molecule has 0 spiro atoms. The topological polar surface area (TPSA) is 78.9 Å². The van der Waals surface area contributed by atoms with E-state index >= 15 is 0 Å². The number of rotatable bonds is 63. The molecule has 80 heavy (non-hydrogen) atoms. The quantitative estimate of drug-likeness (QED) is 0.0261. The molecular weight excluding hydrogens is 985 g/mol. The van der Waals surface area contributed by atoms with Crippen LogP contribution in [-0.2, 0) is 28.6 Å². The van der Waals surface area contributed by atoms with Gasteiger partial charge in [0.05, 0.1) is 0 Å². The van der Waals surface area contributed by atoms with Crippen molar-refractivity contribution in [2.45, 2.75) is 354 Å². The average Bonchev–Trinajstić information content (AvgIpc) is 3.46. The zero-order valence-electron chi connectivity index (χ0n) is 53.1. The molecule has 0 heterocycles. The van der Waals surface area contributed by atoms with E-state index in [9.17, 15) is 14.4 Å². The Balaban J connectivity index is 4.27. The second-order valence-corrected chi connectivity index (χ2v) is 23.1. The SMILES string of the molecule is CC/C=C\C/C=C\C/C=C\C/C=C\C/C=C\CCCCCCCCCCCC(=O)OCC(COC(=O)CCCCCCC/C=C\CCCCC)OC(=O)CCCCCCCCCCCCCCC/C=C\CCCCCCCCCC. The number of esters is 3. The maximum atomic E-state index is 12.9. The largest absolute Gasteiger partial charge is 0.462 e. The number of carbonyl (C=O) groups is 3. The first kappa shape index (κ1) is 76.6. The van der Waals surface area contributed by atoms with Crippen molar-refractivity contribution >= 4 is 17.9 Å². The summed E-state index contributed by atoms with van der Waals surface area (Å²) in [4.78, 5) is 38.4. The molecule has 0 aromatic carbocycles. The molecule has 0 saturated heterocycles.